The summed E-state index contributed by atoms with van der Waals surface area (Å²) in [6, 6.07) is 0. The first kappa shape index (κ1) is 11.0. The normalized spacial score (nSPS) is 41.1. The first-order valence-corrected chi connectivity index (χ1v) is 6.53. The van der Waals surface area contributed by atoms with Gasteiger partial charge in [-0.25, -0.2) is 0 Å². The fourth-order valence-electron chi connectivity index (χ4n) is 3.99. The van der Waals surface area contributed by atoms with Crippen molar-refractivity contribution in [3.8, 4) is 0 Å². The minimum Gasteiger partial charge on any atom is -0.392 e. The van der Waals surface area contributed by atoms with Crippen molar-refractivity contribution in [2.45, 2.75) is 51.9 Å². The molecule has 0 aromatic heterocycles. The Balaban J connectivity index is 2.16. The zero-order valence-corrected chi connectivity index (χ0v) is 10.3. The van der Waals surface area contributed by atoms with E-state index in [1.165, 1.54) is 5.57 Å². The molecule has 1 saturated carbocycles. The molecule has 0 aromatic rings. The summed E-state index contributed by atoms with van der Waals surface area (Å²) in [5, 5.41) is 0. The van der Waals surface area contributed by atoms with Crippen LogP contribution in [0.2, 0.25) is 0 Å². The predicted octanol–water partition coefficient (Wildman–Crippen LogP) is 2.75. The van der Waals surface area contributed by atoms with Crippen LogP contribution in [0.5, 0.6) is 0 Å². The fourth-order valence-corrected chi connectivity index (χ4v) is 3.99. The lowest BCUT2D eigenvalue weighted by molar-refractivity contribution is -0.156. The molecule has 0 amide bonds. The summed E-state index contributed by atoms with van der Waals surface area (Å²) in [4.78, 5) is 24.4. The number of rotatable bonds is 0. The molecular weight excluding hydrogens is 216 g/mol. The van der Waals surface area contributed by atoms with E-state index in [2.05, 4.69) is 13.0 Å². The van der Waals surface area contributed by atoms with Gasteiger partial charge in [0.15, 0.2) is 0 Å². The molecule has 0 bridgehead atoms. The van der Waals surface area contributed by atoms with Crippen molar-refractivity contribution < 1.29 is 14.3 Å². The van der Waals surface area contributed by atoms with E-state index in [9.17, 15) is 9.59 Å². The highest BCUT2D eigenvalue weighted by Gasteiger charge is 2.68. The van der Waals surface area contributed by atoms with Crippen molar-refractivity contribution >= 4 is 11.9 Å². The summed E-state index contributed by atoms with van der Waals surface area (Å²) in [7, 11) is 0. The first-order chi connectivity index (χ1) is 8.11. The fraction of sp³-hybridized carbons (Fsp3) is 0.714. The molecule has 0 spiro atoms. The molecule has 1 saturated heterocycles. The van der Waals surface area contributed by atoms with Gasteiger partial charge in [0.05, 0.1) is 10.8 Å². The van der Waals surface area contributed by atoms with Crippen molar-refractivity contribution in [1.82, 2.24) is 0 Å². The third kappa shape index (κ3) is 1.23. The second-order valence-electron chi connectivity index (χ2n) is 5.83. The highest BCUT2D eigenvalue weighted by atomic mass is 16.6. The van der Waals surface area contributed by atoms with Gasteiger partial charge in [-0.15, -0.1) is 0 Å². The molecule has 1 heterocycles. The Morgan fingerprint density at radius 2 is 1.71 bits per heavy atom. The van der Waals surface area contributed by atoms with Gasteiger partial charge in [0.25, 0.3) is 0 Å². The zero-order valence-electron chi connectivity index (χ0n) is 10.3. The molecule has 2 aliphatic carbocycles. The Kier molecular flexibility index (Phi) is 2.22. The minimum atomic E-state index is -0.528. The number of allylic oxidation sites excluding steroid dienone is 2. The standard InChI is InChI=1S/C14H18O3/c1-10-5-8-13-6-3-2-4-7-14(13,9-10)12(16)17-11(13)15/h5H,2-4,6-9H2,1H3/t13-,14-/m1/s1. The maximum absolute atomic E-state index is 12.2. The Morgan fingerprint density at radius 1 is 1.06 bits per heavy atom. The molecule has 0 N–H and O–H groups in total. The molecule has 3 rings (SSSR count). The molecular formula is C14H18O3. The number of hydrogen-bond donors (Lipinski definition) is 0. The van der Waals surface area contributed by atoms with Gasteiger partial charge in [-0.3, -0.25) is 9.59 Å². The van der Waals surface area contributed by atoms with Crippen molar-refractivity contribution in [1.29, 1.82) is 0 Å². The van der Waals surface area contributed by atoms with Gasteiger partial charge in [0.2, 0.25) is 0 Å². The van der Waals surface area contributed by atoms with Crippen LogP contribution in [0.4, 0.5) is 0 Å². The molecule has 0 radical (unpaired) electrons. The summed E-state index contributed by atoms with van der Waals surface area (Å²) in [5.41, 5.74) is 0.175. The number of carbonyl (C=O) groups is 2. The van der Waals surface area contributed by atoms with Crippen LogP contribution >= 0.6 is 0 Å². The van der Waals surface area contributed by atoms with Crippen LogP contribution < -0.4 is 0 Å². The SMILES string of the molecule is CC1=CC[C@@]23CCCCC[C@@]2(C1)C(=O)OC3=O. The Labute approximate surface area is 101 Å². The monoisotopic (exact) mass is 234 g/mol. The summed E-state index contributed by atoms with van der Waals surface area (Å²) < 4.78 is 5.03. The summed E-state index contributed by atoms with van der Waals surface area (Å²) in [6.45, 7) is 2.06. The summed E-state index contributed by atoms with van der Waals surface area (Å²) in [6.07, 6.45) is 8.39. The van der Waals surface area contributed by atoms with E-state index in [1.807, 2.05) is 0 Å². The molecule has 17 heavy (non-hydrogen) atoms. The largest absolute Gasteiger partial charge is 0.392 e. The molecule has 1 aliphatic heterocycles. The number of hydrogen-bond acceptors (Lipinski definition) is 3. The van der Waals surface area contributed by atoms with E-state index in [-0.39, 0.29) is 11.9 Å². The smallest absolute Gasteiger partial charge is 0.321 e. The van der Waals surface area contributed by atoms with Gasteiger partial charge in [0.1, 0.15) is 0 Å². The number of carbonyl (C=O) groups excluding carboxylic acids is 2. The molecule has 0 aromatic carbocycles. The number of ether oxygens (including phenoxy) is 1. The van der Waals surface area contributed by atoms with Crippen LogP contribution in [0.1, 0.15) is 51.9 Å². The van der Waals surface area contributed by atoms with E-state index in [1.54, 1.807) is 0 Å². The van der Waals surface area contributed by atoms with E-state index in [0.29, 0.717) is 6.42 Å². The highest BCUT2D eigenvalue weighted by Crippen LogP contribution is 2.61. The molecule has 0 unspecified atom stereocenters. The van der Waals surface area contributed by atoms with Gasteiger partial charge in [-0.1, -0.05) is 30.9 Å². The van der Waals surface area contributed by atoms with Crippen molar-refractivity contribution in [3.63, 3.8) is 0 Å². The van der Waals surface area contributed by atoms with Crippen LogP contribution in [0.15, 0.2) is 11.6 Å². The van der Waals surface area contributed by atoms with Crippen LogP contribution in [0, 0.1) is 10.8 Å². The lowest BCUT2D eigenvalue weighted by Gasteiger charge is -2.41. The van der Waals surface area contributed by atoms with Crippen LogP contribution in [-0.4, -0.2) is 11.9 Å². The Hall–Kier alpha value is -1.12. The minimum absolute atomic E-state index is 0.253. The third-order valence-corrected chi connectivity index (χ3v) is 4.97. The van der Waals surface area contributed by atoms with Crippen molar-refractivity contribution in [3.05, 3.63) is 11.6 Å². The highest BCUT2D eigenvalue weighted by molar-refractivity contribution is 6.02. The van der Waals surface area contributed by atoms with Gasteiger partial charge in [-0.05, 0) is 32.6 Å². The number of cyclic esters (lactones) is 2. The maximum Gasteiger partial charge on any atom is 0.321 e. The van der Waals surface area contributed by atoms with Crippen molar-refractivity contribution in [2.75, 3.05) is 0 Å². The van der Waals surface area contributed by atoms with Gasteiger partial charge in [-0.2, -0.15) is 0 Å². The molecule has 2 atom stereocenters. The molecule has 3 heteroatoms. The van der Waals surface area contributed by atoms with Crippen LogP contribution in [0.3, 0.4) is 0 Å². The second-order valence-corrected chi connectivity index (χ2v) is 5.83. The summed E-state index contributed by atoms with van der Waals surface area (Å²) >= 11 is 0. The predicted molar refractivity (Wildman–Crippen MR) is 62.0 cm³/mol. The van der Waals surface area contributed by atoms with E-state index in [4.69, 9.17) is 4.74 Å². The average molecular weight is 234 g/mol. The lowest BCUT2D eigenvalue weighted by atomic mass is 9.55. The molecule has 3 nitrogen and oxygen atoms in total. The molecule has 2 fully saturated rings. The second kappa shape index (κ2) is 3.44. The van der Waals surface area contributed by atoms with Gasteiger partial charge < -0.3 is 4.74 Å². The quantitative estimate of drug-likeness (QED) is 0.368. The molecule has 92 valence electrons. The van der Waals surface area contributed by atoms with Crippen LogP contribution in [0.25, 0.3) is 0 Å². The Morgan fingerprint density at radius 3 is 2.47 bits per heavy atom. The topological polar surface area (TPSA) is 43.4 Å². The summed E-state index contributed by atoms with van der Waals surface area (Å²) in [5.74, 6) is -0.509. The van der Waals surface area contributed by atoms with Gasteiger partial charge in [0, 0.05) is 0 Å². The lowest BCUT2D eigenvalue weighted by Crippen LogP contribution is -2.46. The Bertz CT molecular complexity index is 423. The van der Waals surface area contributed by atoms with E-state index >= 15 is 0 Å². The number of esters is 2. The van der Waals surface area contributed by atoms with E-state index in [0.717, 1.165) is 38.5 Å². The first-order valence-electron chi connectivity index (χ1n) is 6.53. The average Bonchev–Trinajstić information content (AvgIpc) is 2.45. The zero-order chi connectivity index (χ0) is 12.1. The molecule has 3 aliphatic rings. The van der Waals surface area contributed by atoms with Gasteiger partial charge >= 0.3 is 11.9 Å². The van der Waals surface area contributed by atoms with Crippen LogP contribution in [-0.2, 0) is 14.3 Å². The van der Waals surface area contributed by atoms with Crippen molar-refractivity contribution in [2.24, 2.45) is 10.8 Å². The third-order valence-electron chi connectivity index (χ3n) is 4.97. The van der Waals surface area contributed by atoms with E-state index < -0.39 is 10.8 Å². The maximum atomic E-state index is 12.2.